The zero-order valence-corrected chi connectivity index (χ0v) is 58.5. The molecule has 0 N–H and O–H groups in total. The Labute approximate surface area is 618 Å². The summed E-state index contributed by atoms with van der Waals surface area (Å²) in [5, 5.41) is 11.2. The highest BCUT2D eigenvalue weighted by Gasteiger charge is 2.25. The number of allylic oxidation sites excluding steroid dienone is 1. The van der Waals surface area contributed by atoms with E-state index in [-0.39, 0.29) is 0 Å². The normalized spacial score (nSPS) is 12.5. The first-order valence-corrected chi connectivity index (χ1v) is 37.2. The van der Waals surface area contributed by atoms with Crippen LogP contribution in [0.4, 0.5) is 0 Å². The molecule has 5 heterocycles. The molecule has 0 aliphatic heterocycles. The van der Waals surface area contributed by atoms with Crippen molar-refractivity contribution < 1.29 is 0 Å². The molecule has 1 aliphatic rings. The smallest absolute Gasteiger partial charge is 0.0547 e. The van der Waals surface area contributed by atoms with Crippen LogP contribution in [-0.4, -0.2) is 22.8 Å². The van der Waals surface area contributed by atoms with E-state index in [9.17, 15) is 0 Å². The number of rotatable bonds is 11. The molecule has 0 unspecified atom stereocenters. The van der Waals surface area contributed by atoms with E-state index in [1.807, 2.05) is 0 Å². The topological polar surface area (TPSA) is 24.6 Å². The van der Waals surface area contributed by atoms with Gasteiger partial charge in [-0.3, -0.25) is 0 Å². The van der Waals surface area contributed by atoms with E-state index >= 15 is 0 Å². The summed E-state index contributed by atoms with van der Waals surface area (Å²) in [6, 6.07) is 139. The Balaban J connectivity index is 0.587. The molecular formula is C102H67N5. The summed E-state index contributed by atoms with van der Waals surface area (Å²) in [5.41, 5.74) is 33.7. The van der Waals surface area contributed by atoms with Gasteiger partial charge in [-0.2, -0.15) is 0 Å². The Morgan fingerprint density at radius 2 is 0.449 bits per heavy atom. The first kappa shape index (κ1) is 60.6. The zero-order valence-electron chi connectivity index (χ0n) is 58.5. The van der Waals surface area contributed by atoms with Gasteiger partial charge in [0.25, 0.3) is 0 Å². The second-order valence-electron chi connectivity index (χ2n) is 28.7. The van der Waals surface area contributed by atoms with Crippen LogP contribution in [0.5, 0.6) is 0 Å². The second-order valence-corrected chi connectivity index (χ2v) is 28.7. The summed E-state index contributed by atoms with van der Waals surface area (Å²) < 4.78 is 12.2. The molecule has 0 fully saturated rings. The number of para-hydroxylation sites is 6. The van der Waals surface area contributed by atoms with Crippen molar-refractivity contribution >= 4 is 110 Å². The van der Waals surface area contributed by atoms with Gasteiger partial charge in [-0.1, -0.05) is 224 Å². The Hall–Kier alpha value is -14.0. The van der Waals surface area contributed by atoms with E-state index in [1.54, 1.807) is 0 Å². The lowest BCUT2D eigenvalue weighted by atomic mass is 9.90. The van der Waals surface area contributed by atoms with Crippen molar-refractivity contribution in [1.29, 1.82) is 0 Å². The molecule has 5 heteroatoms. The zero-order chi connectivity index (χ0) is 70.2. The van der Waals surface area contributed by atoms with Crippen LogP contribution in [0.15, 0.2) is 376 Å². The summed E-state index contributed by atoms with van der Waals surface area (Å²) >= 11 is 0. The van der Waals surface area contributed by atoms with Gasteiger partial charge >= 0.3 is 0 Å². The lowest BCUT2D eigenvalue weighted by Gasteiger charge is -2.18. The van der Waals surface area contributed by atoms with Crippen molar-refractivity contribution in [2.45, 2.75) is 12.8 Å². The van der Waals surface area contributed by atoms with Gasteiger partial charge < -0.3 is 22.8 Å². The molecule has 1 aliphatic carbocycles. The fraction of sp³-hybridized carbons (Fsp3) is 0.0196. The molecule has 16 aromatic carbocycles. The minimum atomic E-state index is 0.936. The van der Waals surface area contributed by atoms with Crippen LogP contribution >= 0.6 is 0 Å². The molecular weight excluding hydrogens is 1300 g/mol. The predicted octanol–water partition coefficient (Wildman–Crippen LogP) is 26.8. The first-order chi connectivity index (χ1) is 53.0. The number of benzene rings is 16. The minimum absolute atomic E-state index is 0.936. The van der Waals surface area contributed by atoms with Crippen molar-refractivity contribution in [2.24, 2.45) is 0 Å². The molecule has 500 valence electrons. The summed E-state index contributed by atoms with van der Waals surface area (Å²) in [5.74, 6) is 0. The standard InChI is InChI=1S/C102H67N5/c1-5-20-66(21-6-1)67-36-47-81(48-37-67)105-94-34-17-14-31-84(94)88-59-71(42-53-97(88)105)72-43-54-98-89(60-72)85-32-15-18-35-95(85)106(98)82-49-38-68(39-50-82)69-22-19-23-70(58-69)77-40-51-86-90-62-74(44-55-99(90)107(102(86)65-77)80-28-11-4-12-29-80)76-46-57-101-92(64-76)91-63-75(45-56-100(91)104(101)79-26-9-3-10-27-79)73-41-52-96-87(61-73)83-30-13-16-33-93(83)103(96)78-24-7-2-8-25-78/h1-42,44-53,55-65H,43,54H2. The van der Waals surface area contributed by atoms with Gasteiger partial charge in [0.05, 0.1) is 49.7 Å². The van der Waals surface area contributed by atoms with Crippen molar-refractivity contribution in [3.8, 4) is 84.1 Å². The van der Waals surface area contributed by atoms with Gasteiger partial charge in [0.15, 0.2) is 0 Å². The van der Waals surface area contributed by atoms with Crippen LogP contribution in [0.2, 0.25) is 0 Å². The number of hydrogen-bond acceptors (Lipinski definition) is 0. The third-order valence-electron chi connectivity index (χ3n) is 22.8. The maximum atomic E-state index is 2.51. The Bertz CT molecular complexity index is 7180. The van der Waals surface area contributed by atoms with Gasteiger partial charge in [-0.25, -0.2) is 0 Å². The molecule has 21 aromatic rings. The van der Waals surface area contributed by atoms with E-state index in [2.05, 4.69) is 405 Å². The highest BCUT2D eigenvalue weighted by Crippen LogP contribution is 2.45. The van der Waals surface area contributed by atoms with Crippen molar-refractivity contribution in [1.82, 2.24) is 22.8 Å². The molecule has 0 saturated heterocycles. The van der Waals surface area contributed by atoms with Crippen LogP contribution < -0.4 is 0 Å². The molecule has 0 atom stereocenters. The van der Waals surface area contributed by atoms with E-state index in [1.165, 1.54) is 182 Å². The van der Waals surface area contributed by atoms with Crippen LogP contribution in [0.1, 0.15) is 23.2 Å². The van der Waals surface area contributed by atoms with E-state index in [0.29, 0.717) is 0 Å². The number of nitrogens with zero attached hydrogens (tertiary/aromatic N) is 5. The van der Waals surface area contributed by atoms with E-state index in [4.69, 9.17) is 0 Å². The van der Waals surface area contributed by atoms with Gasteiger partial charge in [-0.15, -0.1) is 0 Å². The van der Waals surface area contributed by atoms with Gasteiger partial charge in [-0.05, 0) is 237 Å². The summed E-state index contributed by atoms with van der Waals surface area (Å²) in [4.78, 5) is 0. The van der Waals surface area contributed by atoms with Crippen LogP contribution in [0, 0.1) is 0 Å². The molecule has 5 nitrogen and oxygen atoms in total. The largest absolute Gasteiger partial charge is 0.313 e. The SMILES string of the molecule is C1=C(c2ccc3c(c2)c2ccccc2n3-c2ccc(-c3ccccc3)cc2)CCc2c1c1ccccc1n2-c1ccc(-c2cccc(-c3ccc4c5cc(-c6ccc7c(c6)c6cc(-c8ccc9c(c8)c8ccccc8n9-c8ccccc8)ccc6n7-c6ccccc6)ccc5n(-c5ccccc5)c4c3)c2)cc1. The molecule has 0 bridgehead atoms. The van der Waals surface area contributed by atoms with Crippen LogP contribution in [0.3, 0.4) is 0 Å². The molecule has 0 radical (unpaired) electrons. The Kier molecular flexibility index (Phi) is 13.8. The first-order valence-electron chi connectivity index (χ1n) is 37.2. The van der Waals surface area contributed by atoms with E-state index in [0.717, 1.165) is 35.6 Å². The van der Waals surface area contributed by atoms with Crippen LogP contribution in [-0.2, 0) is 6.42 Å². The molecule has 5 aromatic heterocycles. The lowest BCUT2D eigenvalue weighted by molar-refractivity contribution is 0.898. The van der Waals surface area contributed by atoms with Crippen LogP contribution in [0.25, 0.3) is 194 Å². The maximum Gasteiger partial charge on any atom is 0.0547 e. The number of fused-ring (bicyclic) bond motifs is 15. The fourth-order valence-electron chi connectivity index (χ4n) is 17.8. The van der Waals surface area contributed by atoms with Gasteiger partial charge in [0.1, 0.15) is 0 Å². The van der Waals surface area contributed by atoms with Gasteiger partial charge in [0, 0.05) is 88.2 Å². The molecule has 107 heavy (non-hydrogen) atoms. The van der Waals surface area contributed by atoms with Gasteiger partial charge in [0.2, 0.25) is 0 Å². The monoisotopic (exact) mass is 1360 g/mol. The lowest BCUT2D eigenvalue weighted by Crippen LogP contribution is -2.05. The van der Waals surface area contributed by atoms with Crippen molar-refractivity contribution in [3.63, 3.8) is 0 Å². The van der Waals surface area contributed by atoms with Crippen molar-refractivity contribution in [2.75, 3.05) is 0 Å². The molecule has 0 amide bonds. The molecule has 22 rings (SSSR count). The fourth-order valence-corrected chi connectivity index (χ4v) is 17.8. The summed E-state index contributed by atoms with van der Waals surface area (Å²) in [7, 11) is 0. The predicted molar refractivity (Wildman–Crippen MR) is 450 cm³/mol. The third kappa shape index (κ3) is 9.78. The van der Waals surface area contributed by atoms with E-state index < -0.39 is 0 Å². The van der Waals surface area contributed by atoms with Crippen molar-refractivity contribution in [3.05, 3.63) is 393 Å². The minimum Gasteiger partial charge on any atom is -0.313 e. The Morgan fingerprint density at radius 3 is 0.935 bits per heavy atom. The second kappa shape index (κ2) is 24.3. The molecule has 0 saturated carbocycles. The average Bonchev–Trinajstić information content (AvgIpc) is 1.61. The highest BCUT2D eigenvalue weighted by molar-refractivity contribution is 6.16. The quantitative estimate of drug-likeness (QED) is 0.123. The third-order valence-corrected chi connectivity index (χ3v) is 22.8. The molecule has 0 spiro atoms. The maximum absolute atomic E-state index is 2.51. The summed E-state index contributed by atoms with van der Waals surface area (Å²) in [6.07, 6.45) is 4.36. The summed E-state index contributed by atoms with van der Waals surface area (Å²) in [6.45, 7) is 0. The Morgan fingerprint density at radius 1 is 0.159 bits per heavy atom. The number of aromatic nitrogens is 5. The average molecular weight is 1360 g/mol. The highest BCUT2D eigenvalue weighted by atomic mass is 15.0. The number of hydrogen-bond donors (Lipinski definition) is 0.